The molecule has 1 aliphatic rings. The van der Waals surface area contributed by atoms with Gasteiger partial charge in [0.1, 0.15) is 0 Å². The minimum Gasteiger partial charge on any atom is -0.466 e. The van der Waals surface area contributed by atoms with Crippen LogP contribution in [0.3, 0.4) is 0 Å². The zero-order chi connectivity index (χ0) is 14.8. The molecule has 0 aliphatic carbocycles. The zero-order valence-corrected chi connectivity index (χ0v) is 13.0. The third-order valence-corrected chi connectivity index (χ3v) is 3.89. The predicted molar refractivity (Wildman–Crippen MR) is 79.3 cm³/mol. The van der Waals surface area contributed by atoms with Gasteiger partial charge in [0.25, 0.3) is 0 Å². The van der Waals surface area contributed by atoms with E-state index >= 15 is 0 Å². The first-order valence-electron chi connectivity index (χ1n) is 8.13. The van der Waals surface area contributed by atoms with Crippen molar-refractivity contribution in [3.63, 3.8) is 0 Å². The highest BCUT2D eigenvalue weighted by Gasteiger charge is 2.28. The lowest BCUT2D eigenvalue weighted by molar-refractivity contribution is -0.151. The Hall–Kier alpha value is -1.06. The molecule has 20 heavy (non-hydrogen) atoms. The quantitative estimate of drug-likeness (QED) is 0.508. The second-order valence-electron chi connectivity index (χ2n) is 5.60. The molecule has 1 amide bonds. The molecule has 116 valence electrons. The van der Waals surface area contributed by atoms with Crippen molar-refractivity contribution in [3.8, 4) is 0 Å². The average molecular weight is 283 g/mol. The van der Waals surface area contributed by atoms with Crippen LogP contribution < -0.4 is 0 Å². The van der Waals surface area contributed by atoms with E-state index in [1.165, 1.54) is 19.3 Å². The molecular weight excluding hydrogens is 254 g/mol. The van der Waals surface area contributed by atoms with Crippen molar-refractivity contribution in [1.82, 2.24) is 4.90 Å². The SMILES string of the molecule is CCCCCCCC(=O)N1CCCC(C(=O)OCC)C1. The van der Waals surface area contributed by atoms with E-state index in [4.69, 9.17) is 4.74 Å². The number of esters is 1. The summed E-state index contributed by atoms with van der Waals surface area (Å²) in [6, 6.07) is 0. The highest BCUT2D eigenvalue weighted by Crippen LogP contribution is 2.19. The van der Waals surface area contributed by atoms with Gasteiger partial charge in [0.15, 0.2) is 0 Å². The van der Waals surface area contributed by atoms with Crippen molar-refractivity contribution in [2.75, 3.05) is 19.7 Å². The van der Waals surface area contributed by atoms with E-state index in [9.17, 15) is 9.59 Å². The fourth-order valence-corrected chi connectivity index (χ4v) is 2.69. The lowest BCUT2D eigenvalue weighted by Crippen LogP contribution is -2.42. The molecule has 0 aromatic carbocycles. The molecule has 0 N–H and O–H groups in total. The summed E-state index contributed by atoms with van der Waals surface area (Å²) in [5, 5.41) is 0. The molecule has 0 aromatic heterocycles. The Morgan fingerprint density at radius 2 is 1.90 bits per heavy atom. The summed E-state index contributed by atoms with van der Waals surface area (Å²) in [5.74, 6) is -0.0591. The van der Waals surface area contributed by atoms with Gasteiger partial charge in [-0.15, -0.1) is 0 Å². The van der Waals surface area contributed by atoms with Crippen LogP contribution in [0.15, 0.2) is 0 Å². The van der Waals surface area contributed by atoms with Gasteiger partial charge >= 0.3 is 5.97 Å². The van der Waals surface area contributed by atoms with Crippen LogP contribution in [0, 0.1) is 5.92 Å². The lowest BCUT2D eigenvalue weighted by Gasteiger charge is -2.31. The first-order valence-corrected chi connectivity index (χ1v) is 8.13. The van der Waals surface area contributed by atoms with Gasteiger partial charge in [0, 0.05) is 19.5 Å². The van der Waals surface area contributed by atoms with E-state index < -0.39 is 0 Å². The van der Waals surface area contributed by atoms with Crippen molar-refractivity contribution in [2.24, 2.45) is 5.92 Å². The molecule has 1 heterocycles. The van der Waals surface area contributed by atoms with E-state index in [0.717, 1.165) is 32.2 Å². The van der Waals surface area contributed by atoms with E-state index in [0.29, 0.717) is 19.6 Å². The first-order chi connectivity index (χ1) is 9.69. The molecule has 1 atom stereocenters. The number of carbonyl (C=O) groups excluding carboxylic acids is 2. The van der Waals surface area contributed by atoms with Crippen molar-refractivity contribution in [1.29, 1.82) is 0 Å². The summed E-state index contributed by atoms with van der Waals surface area (Å²) in [7, 11) is 0. The van der Waals surface area contributed by atoms with Gasteiger partial charge in [0.05, 0.1) is 12.5 Å². The van der Waals surface area contributed by atoms with Crippen LogP contribution >= 0.6 is 0 Å². The van der Waals surface area contributed by atoms with E-state index in [1.54, 1.807) is 0 Å². The predicted octanol–water partition coefficient (Wildman–Crippen LogP) is 3.15. The molecule has 4 nitrogen and oxygen atoms in total. The molecule has 0 saturated carbocycles. The van der Waals surface area contributed by atoms with E-state index in [-0.39, 0.29) is 17.8 Å². The summed E-state index contributed by atoms with van der Waals surface area (Å²) in [4.78, 5) is 25.7. The number of hydrogen-bond acceptors (Lipinski definition) is 3. The normalized spacial score (nSPS) is 18.9. The smallest absolute Gasteiger partial charge is 0.310 e. The second kappa shape index (κ2) is 9.78. The Morgan fingerprint density at radius 3 is 2.60 bits per heavy atom. The third kappa shape index (κ3) is 5.93. The number of nitrogens with zero attached hydrogens (tertiary/aromatic N) is 1. The fourth-order valence-electron chi connectivity index (χ4n) is 2.69. The maximum Gasteiger partial charge on any atom is 0.310 e. The number of carbonyl (C=O) groups is 2. The molecule has 1 aliphatic heterocycles. The third-order valence-electron chi connectivity index (χ3n) is 3.89. The number of rotatable bonds is 8. The van der Waals surface area contributed by atoms with Crippen molar-refractivity contribution < 1.29 is 14.3 Å². The highest BCUT2D eigenvalue weighted by atomic mass is 16.5. The summed E-state index contributed by atoms with van der Waals surface area (Å²) < 4.78 is 5.06. The van der Waals surface area contributed by atoms with Crippen molar-refractivity contribution in [3.05, 3.63) is 0 Å². The topological polar surface area (TPSA) is 46.6 Å². The number of likely N-dealkylation sites (tertiary alicyclic amines) is 1. The Kier molecular flexibility index (Phi) is 8.31. The number of amides is 1. The largest absolute Gasteiger partial charge is 0.466 e. The number of ether oxygens (including phenoxy) is 1. The molecule has 1 saturated heterocycles. The Bertz CT molecular complexity index is 304. The van der Waals surface area contributed by atoms with Gasteiger partial charge in [-0.3, -0.25) is 9.59 Å². The molecular formula is C16H29NO3. The maximum absolute atomic E-state index is 12.1. The summed E-state index contributed by atoms with van der Waals surface area (Å²) in [6.45, 7) is 5.77. The molecule has 0 radical (unpaired) electrons. The second-order valence-corrected chi connectivity index (χ2v) is 5.60. The molecule has 1 rings (SSSR count). The van der Waals surface area contributed by atoms with Gasteiger partial charge in [-0.1, -0.05) is 32.6 Å². The molecule has 0 bridgehead atoms. The summed E-state index contributed by atoms with van der Waals surface area (Å²) in [6.07, 6.45) is 8.18. The van der Waals surface area contributed by atoms with Crippen LogP contribution in [0.2, 0.25) is 0 Å². The van der Waals surface area contributed by atoms with Crippen LogP contribution in [0.1, 0.15) is 65.2 Å². The Balaban J connectivity index is 2.27. The monoisotopic (exact) mass is 283 g/mol. The van der Waals surface area contributed by atoms with Crippen LogP contribution in [0.25, 0.3) is 0 Å². The van der Waals surface area contributed by atoms with Gasteiger partial charge in [-0.2, -0.15) is 0 Å². The van der Waals surface area contributed by atoms with Gasteiger partial charge in [0.2, 0.25) is 5.91 Å². The van der Waals surface area contributed by atoms with E-state index in [1.807, 2.05) is 11.8 Å². The average Bonchev–Trinajstić information content (AvgIpc) is 2.47. The van der Waals surface area contributed by atoms with Crippen LogP contribution in [-0.2, 0) is 14.3 Å². The van der Waals surface area contributed by atoms with Crippen LogP contribution in [-0.4, -0.2) is 36.5 Å². The number of unbranched alkanes of at least 4 members (excludes halogenated alkanes) is 4. The highest BCUT2D eigenvalue weighted by molar-refractivity contribution is 5.78. The Morgan fingerprint density at radius 1 is 1.15 bits per heavy atom. The summed E-state index contributed by atoms with van der Waals surface area (Å²) >= 11 is 0. The van der Waals surface area contributed by atoms with Crippen molar-refractivity contribution >= 4 is 11.9 Å². The lowest BCUT2D eigenvalue weighted by atomic mass is 9.97. The first kappa shape index (κ1) is 17.0. The number of piperidine rings is 1. The minimum absolute atomic E-state index is 0.118. The van der Waals surface area contributed by atoms with Crippen LogP contribution in [0.4, 0.5) is 0 Å². The van der Waals surface area contributed by atoms with Gasteiger partial charge in [-0.05, 0) is 26.2 Å². The van der Waals surface area contributed by atoms with Crippen molar-refractivity contribution in [2.45, 2.75) is 65.2 Å². The number of hydrogen-bond donors (Lipinski definition) is 0. The fraction of sp³-hybridized carbons (Fsp3) is 0.875. The van der Waals surface area contributed by atoms with Crippen LogP contribution in [0.5, 0.6) is 0 Å². The molecule has 0 aromatic rings. The zero-order valence-electron chi connectivity index (χ0n) is 13.0. The molecule has 4 heteroatoms. The molecule has 0 spiro atoms. The summed E-state index contributed by atoms with van der Waals surface area (Å²) in [5.41, 5.74) is 0. The standard InChI is InChI=1S/C16H29NO3/c1-3-5-6-7-8-11-15(18)17-12-9-10-14(13-17)16(19)20-4-2/h14H,3-13H2,1-2H3. The minimum atomic E-state index is -0.145. The molecule has 1 unspecified atom stereocenters. The maximum atomic E-state index is 12.1. The van der Waals surface area contributed by atoms with Gasteiger partial charge < -0.3 is 9.64 Å². The Labute approximate surface area is 122 Å². The molecule has 1 fully saturated rings. The van der Waals surface area contributed by atoms with Gasteiger partial charge in [-0.25, -0.2) is 0 Å². The van der Waals surface area contributed by atoms with E-state index in [2.05, 4.69) is 6.92 Å².